The maximum Gasteiger partial charge on any atom is 0.0602 e. The molecule has 0 unspecified atom stereocenters. The first-order valence-corrected chi connectivity index (χ1v) is 6.51. The molecule has 2 N–H and O–H groups in total. The normalized spacial score (nSPS) is 11.2. The first-order chi connectivity index (χ1) is 7.90. The summed E-state index contributed by atoms with van der Waals surface area (Å²) >= 11 is 0. The molecular weight excluding hydrogens is 208 g/mol. The van der Waals surface area contributed by atoms with Gasteiger partial charge in [0.2, 0.25) is 0 Å². The summed E-state index contributed by atoms with van der Waals surface area (Å²) in [4.78, 5) is 2.41. The Labute approximate surface area is 106 Å². The molecule has 1 aromatic rings. The van der Waals surface area contributed by atoms with Gasteiger partial charge >= 0.3 is 0 Å². The fourth-order valence-electron chi connectivity index (χ4n) is 2.08. The van der Waals surface area contributed by atoms with Gasteiger partial charge in [0, 0.05) is 13.1 Å². The average Bonchev–Trinajstić information content (AvgIpc) is 2.19. The second-order valence-electron chi connectivity index (χ2n) is 5.75. The van der Waals surface area contributed by atoms with Crippen LogP contribution in [0.3, 0.4) is 0 Å². The van der Waals surface area contributed by atoms with E-state index in [0.717, 1.165) is 18.8 Å². The summed E-state index contributed by atoms with van der Waals surface area (Å²) in [5.74, 6) is 1.29. The van der Waals surface area contributed by atoms with E-state index in [1.54, 1.807) is 0 Å². The number of nitrogens with zero attached hydrogens (tertiary/aromatic N) is 1. The van der Waals surface area contributed by atoms with Crippen LogP contribution in [-0.2, 0) is 0 Å². The molecule has 0 radical (unpaired) electrons. The summed E-state index contributed by atoms with van der Waals surface area (Å²) in [5, 5.41) is 0. The van der Waals surface area contributed by atoms with Crippen LogP contribution >= 0.6 is 0 Å². The van der Waals surface area contributed by atoms with Crippen molar-refractivity contribution in [1.82, 2.24) is 0 Å². The highest BCUT2D eigenvalue weighted by molar-refractivity contribution is 5.68. The van der Waals surface area contributed by atoms with Gasteiger partial charge < -0.3 is 10.6 Å². The summed E-state index contributed by atoms with van der Waals surface area (Å²) in [7, 11) is 0. The van der Waals surface area contributed by atoms with Crippen molar-refractivity contribution >= 4 is 11.4 Å². The number of hydrogen-bond donors (Lipinski definition) is 1. The Morgan fingerprint density at radius 1 is 1.06 bits per heavy atom. The van der Waals surface area contributed by atoms with Gasteiger partial charge in [0.1, 0.15) is 0 Å². The zero-order valence-electron chi connectivity index (χ0n) is 11.8. The Morgan fingerprint density at radius 3 is 2.06 bits per heavy atom. The van der Waals surface area contributed by atoms with Crippen LogP contribution in [0.1, 0.15) is 33.3 Å². The highest BCUT2D eigenvalue weighted by Gasteiger charge is 2.13. The summed E-state index contributed by atoms with van der Waals surface area (Å²) < 4.78 is 0. The summed E-state index contributed by atoms with van der Waals surface area (Å²) in [5.41, 5.74) is 9.44. The lowest BCUT2D eigenvalue weighted by molar-refractivity contribution is 0.553. The number of nitrogen functional groups attached to an aromatic ring is 1. The molecule has 0 atom stereocenters. The standard InChI is InChI=1S/C15H26N2/c1-11(2)9-17(10-12(3)4)15-8-13(5)6-7-14(15)16/h6-8,11-12H,9-10,16H2,1-5H3. The monoisotopic (exact) mass is 234 g/mol. The fraction of sp³-hybridized carbons (Fsp3) is 0.600. The number of nitrogens with two attached hydrogens (primary N) is 1. The van der Waals surface area contributed by atoms with E-state index in [2.05, 4.69) is 51.7 Å². The molecule has 0 aliphatic carbocycles. The van der Waals surface area contributed by atoms with Crippen LogP contribution in [0.5, 0.6) is 0 Å². The lowest BCUT2D eigenvalue weighted by Crippen LogP contribution is -2.31. The van der Waals surface area contributed by atoms with Crippen LogP contribution in [0.15, 0.2) is 18.2 Å². The van der Waals surface area contributed by atoms with E-state index in [1.807, 2.05) is 6.07 Å². The van der Waals surface area contributed by atoms with Gasteiger partial charge in [-0.15, -0.1) is 0 Å². The fourth-order valence-corrected chi connectivity index (χ4v) is 2.08. The Kier molecular flexibility index (Phi) is 4.86. The van der Waals surface area contributed by atoms with Gasteiger partial charge in [-0.2, -0.15) is 0 Å². The maximum atomic E-state index is 6.10. The van der Waals surface area contributed by atoms with Crippen molar-refractivity contribution in [1.29, 1.82) is 0 Å². The van der Waals surface area contributed by atoms with Crippen molar-refractivity contribution in [3.63, 3.8) is 0 Å². The predicted molar refractivity (Wildman–Crippen MR) is 77.5 cm³/mol. The third-order valence-electron chi connectivity index (χ3n) is 2.70. The smallest absolute Gasteiger partial charge is 0.0602 e. The minimum absolute atomic E-state index is 0.647. The van der Waals surface area contributed by atoms with Gasteiger partial charge in [-0.05, 0) is 36.5 Å². The Morgan fingerprint density at radius 2 is 1.59 bits per heavy atom. The highest BCUT2D eigenvalue weighted by Crippen LogP contribution is 2.26. The highest BCUT2D eigenvalue weighted by atomic mass is 15.1. The number of rotatable bonds is 5. The van der Waals surface area contributed by atoms with Crippen LogP contribution in [0.4, 0.5) is 11.4 Å². The molecule has 0 amide bonds. The second kappa shape index (κ2) is 5.95. The first kappa shape index (κ1) is 13.9. The zero-order valence-corrected chi connectivity index (χ0v) is 11.8. The van der Waals surface area contributed by atoms with Gasteiger partial charge in [0.25, 0.3) is 0 Å². The van der Waals surface area contributed by atoms with E-state index < -0.39 is 0 Å². The van der Waals surface area contributed by atoms with Crippen molar-refractivity contribution < 1.29 is 0 Å². The largest absolute Gasteiger partial charge is 0.397 e. The van der Waals surface area contributed by atoms with Gasteiger partial charge in [-0.1, -0.05) is 33.8 Å². The molecule has 1 rings (SSSR count). The molecule has 1 aromatic carbocycles. The molecule has 0 fully saturated rings. The molecule has 0 saturated carbocycles. The van der Waals surface area contributed by atoms with E-state index in [-0.39, 0.29) is 0 Å². The van der Waals surface area contributed by atoms with E-state index >= 15 is 0 Å². The molecule has 0 saturated heterocycles. The van der Waals surface area contributed by atoms with Crippen molar-refractivity contribution in [3.05, 3.63) is 23.8 Å². The summed E-state index contributed by atoms with van der Waals surface area (Å²) in [6, 6.07) is 6.28. The predicted octanol–water partition coefficient (Wildman–Crippen LogP) is 3.70. The van der Waals surface area contributed by atoms with Crippen LogP contribution in [-0.4, -0.2) is 13.1 Å². The number of aryl methyl sites for hydroxylation is 1. The Bertz CT molecular complexity index is 346. The van der Waals surface area contributed by atoms with Crippen LogP contribution < -0.4 is 10.6 Å². The second-order valence-corrected chi connectivity index (χ2v) is 5.75. The van der Waals surface area contributed by atoms with Crippen molar-refractivity contribution in [2.24, 2.45) is 11.8 Å². The Hall–Kier alpha value is -1.18. The molecule has 2 heteroatoms. The summed E-state index contributed by atoms with van der Waals surface area (Å²) in [6.07, 6.45) is 0. The van der Waals surface area contributed by atoms with E-state index in [9.17, 15) is 0 Å². The van der Waals surface area contributed by atoms with E-state index in [1.165, 1.54) is 11.3 Å². The molecule has 17 heavy (non-hydrogen) atoms. The molecule has 0 aromatic heterocycles. The topological polar surface area (TPSA) is 29.3 Å². The van der Waals surface area contributed by atoms with Gasteiger partial charge in [-0.3, -0.25) is 0 Å². The molecule has 0 aliphatic heterocycles. The lowest BCUT2D eigenvalue weighted by atomic mass is 10.1. The van der Waals surface area contributed by atoms with Gasteiger partial charge in [0.05, 0.1) is 11.4 Å². The molecular formula is C15H26N2. The van der Waals surface area contributed by atoms with Crippen molar-refractivity contribution in [3.8, 4) is 0 Å². The van der Waals surface area contributed by atoms with Gasteiger partial charge in [-0.25, -0.2) is 0 Å². The van der Waals surface area contributed by atoms with Crippen molar-refractivity contribution in [2.45, 2.75) is 34.6 Å². The SMILES string of the molecule is Cc1ccc(N)c(N(CC(C)C)CC(C)C)c1. The minimum Gasteiger partial charge on any atom is -0.397 e. The summed E-state index contributed by atoms with van der Waals surface area (Å²) in [6.45, 7) is 13.2. The Balaban J connectivity index is 2.98. The quantitative estimate of drug-likeness (QED) is 0.787. The average molecular weight is 234 g/mol. The van der Waals surface area contributed by atoms with Crippen LogP contribution in [0.2, 0.25) is 0 Å². The van der Waals surface area contributed by atoms with Gasteiger partial charge in [0.15, 0.2) is 0 Å². The lowest BCUT2D eigenvalue weighted by Gasteiger charge is -2.29. The number of benzene rings is 1. The molecule has 96 valence electrons. The number of anilines is 2. The molecule has 0 spiro atoms. The first-order valence-electron chi connectivity index (χ1n) is 6.51. The molecule has 2 nitrogen and oxygen atoms in total. The number of hydrogen-bond acceptors (Lipinski definition) is 2. The molecule has 0 bridgehead atoms. The third kappa shape index (κ3) is 4.29. The molecule has 0 heterocycles. The van der Waals surface area contributed by atoms with E-state index in [4.69, 9.17) is 5.73 Å². The van der Waals surface area contributed by atoms with E-state index in [0.29, 0.717) is 11.8 Å². The maximum absolute atomic E-state index is 6.10. The molecule has 0 aliphatic rings. The van der Waals surface area contributed by atoms with Crippen molar-refractivity contribution in [2.75, 3.05) is 23.7 Å². The van der Waals surface area contributed by atoms with Crippen LogP contribution in [0.25, 0.3) is 0 Å². The zero-order chi connectivity index (χ0) is 13.0. The third-order valence-corrected chi connectivity index (χ3v) is 2.70. The van der Waals surface area contributed by atoms with Crippen LogP contribution in [0, 0.1) is 18.8 Å². The minimum atomic E-state index is 0.647.